The van der Waals surface area contributed by atoms with Crippen molar-refractivity contribution in [3.8, 4) is 17.2 Å². The van der Waals surface area contributed by atoms with E-state index in [-0.39, 0.29) is 6.10 Å². The summed E-state index contributed by atoms with van der Waals surface area (Å²) in [5.74, 6) is 4.12. The van der Waals surface area contributed by atoms with Crippen molar-refractivity contribution in [3.05, 3.63) is 54.1 Å². The van der Waals surface area contributed by atoms with Crippen molar-refractivity contribution in [2.24, 2.45) is 11.8 Å². The van der Waals surface area contributed by atoms with Gasteiger partial charge in [0.1, 0.15) is 23.9 Å². The molecule has 0 unspecified atom stereocenters. The molecule has 2 aromatic rings. The second kappa shape index (κ2) is 9.27. The first-order valence-electron chi connectivity index (χ1n) is 11.0. The molecule has 0 aliphatic carbocycles. The maximum Gasteiger partial charge on any atom is 0.119 e. The van der Waals surface area contributed by atoms with Gasteiger partial charge < -0.3 is 14.2 Å². The minimum Gasteiger partial charge on any atom is -0.497 e. The molecule has 2 fully saturated rings. The molecule has 0 radical (unpaired) electrons. The lowest BCUT2D eigenvalue weighted by molar-refractivity contribution is 0.198. The predicted octanol–water partition coefficient (Wildman–Crippen LogP) is 4.10. The van der Waals surface area contributed by atoms with E-state index >= 15 is 0 Å². The van der Waals surface area contributed by atoms with E-state index in [9.17, 15) is 0 Å². The highest BCUT2D eigenvalue weighted by atomic mass is 16.5. The molecule has 5 heteroatoms. The van der Waals surface area contributed by atoms with Crippen molar-refractivity contribution in [1.29, 1.82) is 0 Å². The number of hydrogen-bond donors (Lipinski definition) is 0. The fraction of sp³-hybridized carbons (Fsp3) is 0.520. The summed E-state index contributed by atoms with van der Waals surface area (Å²) in [5, 5.41) is 0. The highest BCUT2D eigenvalue weighted by Crippen LogP contribution is 2.44. The third-order valence-corrected chi connectivity index (χ3v) is 6.30. The molecule has 162 valence electrons. The Morgan fingerprint density at radius 3 is 2.23 bits per heavy atom. The van der Waals surface area contributed by atoms with Gasteiger partial charge in [0.15, 0.2) is 0 Å². The van der Waals surface area contributed by atoms with Crippen LogP contribution >= 0.6 is 0 Å². The van der Waals surface area contributed by atoms with Crippen LogP contribution in [0.3, 0.4) is 0 Å². The minimum atomic E-state index is 0.187. The van der Waals surface area contributed by atoms with Gasteiger partial charge in [-0.1, -0.05) is 12.1 Å². The molecule has 2 aliphatic heterocycles. The molecule has 3 atom stereocenters. The Hall–Kier alpha value is -2.24. The lowest BCUT2D eigenvalue weighted by Gasteiger charge is -2.27. The zero-order chi connectivity index (χ0) is 21.1. The number of likely N-dealkylation sites (tertiary alicyclic amines) is 2. The monoisotopic (exact) mass is 410 g/mol. The van der Waals surface area contributed by atoms with Crippen LogP contribution in [0, 0.1) is 11.8 Å². The molecular formula is C25H34N2O3. The van der Waals surface area contributed by atoms with Crippen molar-refractivity contribution < 1.29 is 14.2 Å². The molecule has 0 saturated carbocycles. The van der Waals surface area contributed by atoms with Gasteiger partial charge >= 0.3 is 0 Å². The second-order valence-electron chi connectivity index (χ2n) is 8.83. The van der Waals surface area contributed by atoms with Gasteiger partial charge in [0.05, 0.1) is 13.2 Å². The molecular weight excluding hydrogens is 376 g/mol. The van der Waals surface area contributed by atoms with Crippen LogP contribution in [0.2, 0.25) is 0 Å². The highest BCUT2D eigenvalue weighted by molar-refractivity contribution is 5.32. The van der Waals surface area contributed by atoms with E-state index in [0.717, 1.165) is 49.3 Å². The fourth-order valence-corrected chi connectivity index (χ4v) is 5.01. The molecule has 2 saturated heterocycles. The van der Waals surface area contributed by atoms with Crippen LogP contribution in [0.4, 0.5) is 0 Å². The number of rotatable bonds is 8. The predicted molar refractivity (Wildman–Crippen MR) is 119 cm³/mol. The van der Waals surface area contributed by atoms with E-state index < -0.39 is 0 Å². The van der Waals surface area contributed by atoms with Gasteiger partial charge in [-0.3, -0.25) is 9.80 Å². The normalized spacial score (nSPS) is 24.2. The summed E-state index contributed by atoms with van der Waals surface area (Å²) >= 11 is 0. The van der Waals surface area contributed by atoms with Crippen LogP contribution < -0.4 is 14.2 Å². The average molecular weight is 411 g/mol. The van der Waals surface area contributed by atoms with Gasteiger partial charge in [-0.2, -0.15) is 0 Å². The van der Waals surface area contributed by atoms with Crippen molar-refractivity contribution in [2.75, 3.05) is 46.9 Å². The number of benzene rings is 2. The topological polar surface area (TPSA) is 34.2 Å². The minimum absolute atomic E-state index is 0.187. The van der Waals surface area contributed by atoms with Crippen molar-refractivity contribution in [2.45, 2.75) is 26.0 Å². The summed E-state index contributed by atoms with van der Waals surface area (Å²) in [4.78, 5) is 5.08. The van der Waals surface area contributed by atoms with Gasteiger partial charge in [-0.15, -0.1) is 0 Å². The molecule has 5 nitrogen and oxygen atoms in total. The molecule has 0 aromatic heterocycles. The Kier molecular flexibility index (Phi) is 6.49. The molecule has 2 aliphatic rings. The molecule has 0 N–H and O–H groups in total. The Balaban J connectivity index is 1.28. The maximum atomic E-state index is 5.99. The van der Waals surface area contributed by atoms with Gasteiger partial charge in [0, 0.05) is 32.2 Å². The Bertz CT molecular complexity index is 806. The first-order chi connectivity index (χ1) is 14.5. The van der Waals surface area contributed by atoms with Crippen LogP contribution in [-0.2, 0) is 0 Å². The lowest BCUT2D eigenvalue weighted by Crippen LogP contribution is -2.31. The van der Waals surface area contributed by atoms with Crippen LogP contribution in [0.25, 0.3) is 0 Å². The molecule has 2 heterocycles. The van der Waals surface area contributed by atoms with E-state index in [1.54, 1.807) is 7.11 Å². The number of nitrogens with zero attached hydrogens (tertiary/aromatic N) is 2. The van der Waals surface area contributed by atoms with Crippen LogP contribution in [-0.4, -0.2) is 62.8 Å². The molecule has 0 amide bonds. The van der Waals surface area contributed by atoms with Gasteiger partial charge in [-0.05, 0) is 74.7 Å². The third kappa shape index (κ3) is 4.73. The quantitative estimate of drug-likeness (QED) is 0.655. The second-order valence-corrected chi connectivity index (χ2v) is 8.83. The van der Waals surface area contributed by atoms with Crippen LogP contribution in [0.1, 0.15) is 25.5 Å². The molecule has 0 spiro atoms. The zero-order valence-corrected chi connectivity index (χ0v) is 18.6. The van der Waals surface area contributed by atoms with E-state index in [1.807, 2.05) is 38.1 Å². The summed E-state index contributed by atoms with van der Waals surface area (Å²) in [6.07, 6.45) is 0.187. The van der Waals surface area contributed by atoms with E-state index in [1.165, 1.54) is 5.56 Å². The van der Waals surface area contributed by atoms with E-state index in [2.05, 4.69) is 41.1 Å². The highest BCUT2D eigenvalue weighted by Gasteiger charge is 2.45. The van der Waals surface area contributed by atoms with Crippen molar-refractivity contribution in [1.82, 2.24) is 9.80 Å². The summed E-state index contributed by atoms with van der Waals surface area (Å²) in [6, 6.07) is 17.0. The number of fused-ring (bicyclic) bond motifs is 1. The molecule has 2 aromatic carbocycles. The van der Waals surface area contributed by atoms with Crippen molar-refractivity contribution in [3.63, 3.8) is 0 Å². The average Bonchev–Trinajstić information content (AvgIpc) is 3.25. The summed E-state index contributed by atoms with van der Waals surface area (Å²) in [5.41, 5.74) is 1.40. The van der Waals surface area contributed by atoms with Gasteiger partial charge in [0.25, 0.3) is 0 Å². The smallest absolute Gasteiger partial charge is 0.119 e. The standard InChI is InChI=1S/C25H34N2O3/c1-18(2)30-23-11-9-22(10-12-23)29-14-13-27-16-20-15-26(3)25(24(20)17-27)19-5-7-21(28-4)8-6-19/h5-12,18,20,24-25H,13-17H2,1-4H3/t20-,24+,25+/m0/s1. The molecule has 0 bridgehead atoms. The van der Waals surface area contributed by atoms with E-state index in [4.69, 9.17) is 14.2 Å². The van der Waals surface area contributed by atoms with E-state index in [0.29, 0.717) is 18.6 Å². The number of hydrogen-bond acceptors (Lipinski definition) is 5. The SMILES string of the molecule is COc1ccc([C@@H]2[C@@H]3CN(CCOc4ccc(OC(C)C)cc4)C[C@@H]3CN2C)cc1. The third-order valence-electron chi connectivity index (χ3n) is 6.30. The van der Waals surface area contributed by atoms with Crippen LogP contribution in [0.5, 0.6) is 17.2 Å². The Morgan fingerprint density at radius 2 is 1.57 bits per heavy atom. The molecule has 4 rings (SSSR count). The zero-order valence-electron chi connectivity index (χ0n) is 18.6. The first kappa shape index (κ1) is 21.0. The lowest BCUT2D eigenvalue weighted by atomic mass is 9.89. The first-order valence-corrected chi connectivity index (χ1v) is 11.0. The molecule has 30 heavy (non-hydrogen) atoms. The number of ether oxygens (including phenoxy) is 3. The summed E-state index contributed by atoms with van der Waals surface area (Å²) < 4.78 is 17.0. The summed E-state index contributed by atoms with van der Waals surface area (Å²) in [7, 11) is 3.98. The fourth-order valence-electron chi connectivity index (χ4n) is 5.01. The Morgan fingerprint density at radius 1 is 0.900 bits per heavy atom. The largest absolute Gasteiger partial charge is 0.497 e. The van der Waals surface area contributed by atoms with Gasteiger partial charge in [0.2, 0.25) is 0 Å². The summed E-state index contributed by atoms with van der Waals surface area (Å²) in [6.45, 7) is 9.21. The Labute approximate surface area is 180 Å². The van der Waals surface area contributed by atoms with Crippen molar-refractivity contribution >= 4 is 0 Å². The van der Waals surface area contributed by atoms with Crippen LogP contribution in [0.15, 0.2) is 48.5 Å². The number of methoxy groups -OCH3 is 1. The maximum absolute atomic E-state index is 5.99. The van der Waals surface area contributed by atoms with Gasteiger partial charge in [-0.25, -0.2) is 0 Å².